The van der Waals surface area contributed by atoms with Gasteiger partial charge in [-0.25, -0.2) is 9.98 Å². The summed E-state index contributed by atoms with van der Waals surface area (Å²) in [6.45, 7) is 0. The van der Waals surface area contributed by atoms with Crippen LogP contribution < -0.4 is 0 Å². The molecule has 0 spiro atoms. The van der Waals surface area contributed by atoms with Gasteiger partial charge in [0.2, 0.25) is 5.13 Å². The van der Waals surface area contributed by atoms with E-state index >= 15 is 0 Å². The van der Waals surface area contributed by atoms with Gasteiger partial charge in [-0.05, 0) is 6.07 Å². The molecule has 1 aromatic carbocycles. The quantitative estimate of drug-likeness (QED) is 0.632. The van der Waals surface area contributed by atoms with Crippen molar-refractivity contribution in [3.63, 3.8) is 0 Å². The molecule has 0 aliphatic heterocycles. The summed E-state index contributed by atoms with van der Waals surface area (Å²) >= 11 is 1.54. The van der Waals surface area contributed by atoms with E-state index in [1.807, 2.05) is 30.8 Å². The predicted octanol–water partition coefficient (Wildman–Crippen LogP) is 3.39. The topological polar surface area (TPSA) is 30.2 Å². The van der Waals surface area contributed by atoms with E-state index in [1.165, 1.54) is 22.2 Å². The van der Waals surface area contributed by atoms with Gasteiger partial charge >= 0.3 is 0 Å². The monoisotopic (exact) mass is 241 g/mol. The summed E-state index contributed by atoms with van der Waals surface area (Å²) in [6, 6.07) is 8.31. The molecule has 3 nitrogen and oxygen atoms in total. The number of para-hydroxylation sites is 1. The number of aliphatic imine (C=N–C) groups is 1. The molecule has 0 fully saturated rings. The van der Waals surface area contributed by atoms with E-state index in [2.05, 4.69) is 32.9 Å². The highest BCUT2D eigenvalue weighted by Gasteiger charge is 2.03. The van der Waals surface area contributed by atoms with Crippen LogP contribution in [-0.4, -0.2) is 15.8 Å². The van der Waals surface area contributed by atoms with E-state index in [-0.39, 0.29) is 0 Å². The minimum Gasteiger partial charge on any atom is -0.350 e. The number of thiazole rings is 1. The van der Waals surface area contributed by atoms with Crippen molar-refractivity contribution in [1.82, 2.24) is 9.55 Å². The van der Waals surface area contributed by atoms with E-state index in [9.17, 15) is 0 Å². The largest absolute Gasteiger partial charge is 0.350 e. The molecule has 2 aromatic heterocycles. The maximum atomic E-state index is 4.37. The molecule has 17 heavy (non-hydrogen) atoms. The zero-order chi connectivity index (χ0) is 11.7. The number of hydrogen-bond donors (Lipinski definition) is 0. The van der Waals surface area contributed by atoms with Crippen molar-refractivity contribution >= 4 is 33.6 Å². The fourth-order valence-electron chi connectivity index (χ4n) is 1.88. The van der Waals surface area contributed by atoms with Crippen LogP contribution in [0, 0.1) is 0 Å². The molecule has 84 valence electrons. The Balaban J connectivity index is 2.06. The number of aromatic nitrogens is 2. The highest BCUT2D eigenvalue weighted by molar-refractivity contribution is 7.13. The summed E-state index contributed by atoms with van der Waals surface area (Å²) < 4.78 is 2.11. The van der Waals surface area contributed by atoms with Crippen LogP contribution in [0.3, 0.4) is 0 Å². The van der Waals surface area contributed by atoms with Crippen molar-refractivity contribution in [2.45, 2.75) is 0 Å². The number of aryl methyl sites for hydroxylation is 1. The Bertz CT molecular complexity index is 665. The van der Waals surface area contributed by atoms with Gasteiger partial charge in [0.1, 0.15) is 0 Å². The van der Waals surface area contributed by atoms with Crippen LogP contribution in [0.4, 0.5) is 5.13 Å². The summed E-state index contributed by atoms with van der Waals surface area (Å²) in [5, 5.41) is 3.93. The number of hydrogen-bond acceptors (Lipinski definition) is 3. The van der Waals surface area contributed by atoms with Crippen molar-refractivity contribution in [2.75, 3.05) is 0 Å². The molecule has 0 aliphatic rings. The third-order valence-corrected chi connectivity index (χ3v) is 3.34. The molecule has 0 bridgehead atoms. The fraction of sp³-hybridized carbons (Fsp3) is 0.0769. The molecule has 0 radical (unpaired) electrons. The van der Waals surface area contributed by atoms with Gasteiger partial charge < -0.3 is 4.57 Å². The zero-order valence-electron chi connectivity index (χ0n) is 9.37. The SMILES string of the molecule is Cn1cc(/C=N/c2nccs2)c2ccccc21. The Labute approximate surface area is 103 Å². The van der Waals surface area contributed by atoms with Crippen molar-refractivity contribution < 1.29 is 0 Å². The van der Waals surface area contributed by atoms with Crippen LogP contribution in [-0.2, 0) is 7.05 Å². The van der Waals surface area contributed by atoms with Crippen LogP contribution in [0.15, 0.2) is 47.0 Å². The van der Waals surface area contributed by atoms with Gasteiger partial charge in [0, 0.05) is 47.5 Å². The fourth-order valence-corrected chi connectivity index (χ4v) is 2.36. The number of nitrogens with zero attached hydrogens (tertiary/aromatic N) is 3. The van der Waals surface area contributed by atoms with Crippen LogP contribution in [0.25, 0.3) is 10.9 Å². The lowest BCUT2D eigenvalue weighted by molar-refractivity contribution is 0.968. The molecule has 0 saturated heterocycles. The summed E-state index contributed by atoms with van der Waals surface area (Å²) in [5.74, 6) is 0. The summed E-state index contributed by atoms with van der Waals surface area (Å²) in [5.41, 5.74) is 2.34. The molecule has 3 rings (SSSR count). The smallest absolute Gasteiger partial charge is 0.208 e. The van der Waals surface area contributed by atoms with Gasteiger partial charge in [-0.3, -0.25) is 0 Å². The Morgan fingerprint density at radius 2 is 2.24 bits per heavy atom. The first-order chi connectivity index (χ1) is 8.34. The minimum absolute atomic E-state index is 0.790. The van der Waals surface area contributed by atoms with E-state index in [0.29, 0.717) is 0 Å². The Morgan fingerprint density at radius 3 is 3.06 bits per heavy atom. The molecule has 2 heterocycles. The van der Waals surface area contributed by atoms with Crippen LogP contribution >= 0.6 is 11.3 Å². The first kappa shape index (κ1) is 10.2. The lowest BCUT2D eigenvalue weighted by atomic mass is 10.2. The van der Waals surface area contributed by atoms with E-state index in [1.54, 1.807) is 6.20 Å². The molecule has 0 aliphatic carbocycles. The van der Waals surface area contributed by atoms with Gasteiger partial charge in [-0.1, -0.05) is 18.2 Å². The van der Waals surface area contributed by atoms with Gasteiger partial charge in [-0.15, -0.1) is 11.3 Å². The van der Waals surface area contributed by atoms with Crippen molar-refractivity contribution in [3.8, 4) is 0 Å². The Hall–Kier alpha value is -1.94. The Kier molecular flexibility index (Phi) is 2.49. The first-order valence-electron chi connectivity index (χ1n) is 5.32. The van der Waals surface area contributed by atoms with E-state index in [4.69, 9.17) is 0 Å². The molecule has 4 heteroatoms. The molecule has 0 amide bonds. The number of fused-ring (bicyclic) bond motifs is 1. The average molecular weight is 241 g/mol. The molecule has 3 aromatic rings. The molecule has 0 N–H and O–H groups in total. The van der Waals surface area contributed by atoms with Crippen molar-refractivity contribution in [1.29, 1.82) is 0 Å². The first-order valence-corrected chi connectivity index (χ1v) is 6.20. The normalized spacial score (nSPS) is 11.6. The van der Waals surface area contributed by atoms with Crippen LogP contribution in [0.5, 0.6) is 0 Å². The maximum Gasteiger partial charge on any atom is 0.208 e. The zero-order valence-corrected chi connectivity index (χ0v) is 10.2. The van der Waals surface area contributed by atoms with Gasteiger partial charge in [0.05, 0.1) is 0 Å². The molecule has 0 saturated carbocycles. The summed E-state index contributed by atoms with van der Waals surface area (Å²) in [6.07, 6.45) is 5.73. The second kappa shape index (κ2) is 4.14. The van der Waals surface area contributed by atoms with Crippen LogP contribution in [0.2, 0.25) is 0 Å². The maximum absolute atomic E-state index is 4.37. The van der Waals surface area contributed by atoms with E-state index in [0.717, 1.165) is 10.7 Å². The summed E-state index contributed by atoms with van der Waals surface area (Å²) in [7, 11) is 2.04. The van der Waals surface area contributed by atoms with Crippen LogP contribution in [0.1, 0.15) is 5.56 Å². The predicted molar refractivity (Wildman–Crippen MR) is 72.3 cm³/mol. The highest BCUT2D eigenvalue weighted by atomic mass is 32.1. The molecule has 0 unspecified atom stereocenters. The minimum atomic E-state index is 0.790. The van der Waals surface area contributed by atoms with Gasteiger partial charge in [-0.2, -0.15) is 0 Å². The Morgan fingerprint density at radius 1 is 1.35 bits per heavy atom. The average Bonchev–Trinajstić information content (AvgIpc) is 2.96. The highest BCUT2D eigenvalue weighted by Crippen LogP contribution is 2.20. The number of rotatable bonds is 2. The van der Waals surface area contributed by atoms with Crippen molar-refractivity contribution in [3.05, 3.63) is 47.6 Å². The molecule has 0 atom stereocenters. The summed E-state index contributed by atoms with van der Waals surface area (Å²) in [4.78, 5) is 8.50. The molecular weight excluding hydrogens is 230 g/mol. The van der Waals surface area contributed by atoms with Crippen molar-refractivity contribution in [2.24, 2.45) is 12.0 Å². The standard InChI is InChI=1S/C13H11N3S/c1-16-9-10(8-15-13-14-6-7-17-13)11-4-2-3-5-12(11)16/h2-9H,1H3/b15-8+. The second-order valence-corrected chi connectivity index (χ2v) is 4.66. The third-order valence-electron chi connectivity index (χ3n) is 2.66. The lowest BCUT2D eigenvalue weighted by Crippen LogP contribution is -1.82. The number of benzene rings is 1. The van der Waals surface area contributed by atoms with Gasteiger partial charge in [0.15, 0.2) is 0 Å². The van der Waals surface area contributed by atoms with Gasteiger partial charge in [0.25, 0.3) is 0 Å². The lowest BCUT2D eigenvalue weighted by Gasteiger charge is -1.92. The third kappa shape index (κ3) is 1.87. The molecular formula is C13H11N3S. The second-order valence-electron chi connectivity index (χ2n) is 3.79. The van der Waals surface area contributed by atoms with E-state index < -0.39 is 0 Å².